The molecule has 0 unspecified atom stereocenters. The number of pyridine rings is 1. The van der Waals surface area contributed by atoms with E-state index in [4.69, 9.17) is 16.3 Å². The second-order valence-electron chi connectivity index (χ2n) is 7.85. The molecule has 1 saturated heterocycles. The number of hydrogen-bond acceptors (Lipinski definition) is 4. The number of ether oxygens (including phenoxy) is 1. The van der Waals surface area contributed by atoms with Gasteiger partial charge in [0.25, 0.3) is 0 Å². The Morgan fingerprint density at radius 1 is 1.23 bits per heavy atom. The molecule has 0 radical (unpaired) electrons. The minimum atomic E-state index is 0.222. The van der Waals surface area contributed by atoms with E-state index in [0.717, 1.165) is 41.6 Å². The third-order valence-electron chi connectivity index (χ3n) is 5.56. The van der Waals surface area contributed by atoms with Gasteiger partial charge in [-0.2, -0.15) is 0 Å². The van der Waals surface area contributed by atoms with Crippen molar-refractivity contribution >= 4 is 34.8 Å². The predicted molar refractivity (Wildman–Crippen MR) is 123 cm³/mol. The number of hydrogen-bond donors (Lipinski definition) is 0. The lowest BCUT2D eigenvalue weighted by Gasteiger charge is -2.16. The molecule has 1 aliphatic heterocycles. The fourth-order valence-corrected chi connectivity index (χ4v) is 4.98. The molecule has 0 N–H and O–H groups in total. The maximum Gasteiger partial charge on any atom is 0.232 e. The number of thioether (sulfide) groups is 1. The van der Waals surface area contributed by atoms with E-state index < -0.39 is 0 Å². The maximum atomic E-state index is 12.1. The molecule has 1 aromatic carbocycles. The average molecular weight is 443 g/mol. The molecular formula is C24H27ClN2O2S. The van der Waals surface area contributed by atoms with Gasteiger partial charge in [-0.25, -0.2) is 4.98 Å². The fraction of sp³-hybridized carbons (Fsp3) is 0.417. The summed E-state index contributed by atoms with van der Waals surface area (Å²) in [5, 5.41) is 1.28. The van der Waals surface area contributed by atoms with Crippen LogP contribution in [0, 0.1) is 5.92 Å². The molecular weight excluding hydrogens is 416 g/mol. The second kappa shape index (κ2) is 9.44. The van der Waals surface area contributed by atoms with Gasteiger partial charge in [0.1, 0.15) is 5.02 Å². The van der Waals surface area contributed by atoms with Gasteiger partial charge in [0.15, 0.2) is 0 Å². The minimum absolute atomic E-state index is 0.222. The Morgan fingerprint density at radius 3 is 2.67 bits per heavy atom. The zero-order valence-corrected chi connectivity index (χ0v) is 19.0. The van der Waals surface area contributed by atoms with Crippen molar-refractivity contribution in [2.75, 3.05) is 20.2 Å². The van der Waals surface area contributed by atoms with Crippen molar-refractivity contribution in [1.82, 2.24) is 9.88 Å². The summed E-state index contributed by atoms with van der Waals surface area (Å²) in [5.41, 5.74) is 3.01. The van der Waals surface area contributed by atoms with Gasteiger partial charge in [0, 0.05) is 35.2 Å². The van der Waals surface area contributed by atoms with Crippen molar-refractivity contribution in [1.29, 1.82) is 0 Å². The summed E-state index contributed by atoms with van der Waals surface area (Å²) in [7, 11) is 1.58. The van der Waals surface area contributed by atoms with Crippen LogP contribution < -0.4 is 4.74 Å². The van der Waals surface area contributed by atoms with Crippen LogP contribution in [0.1, 0.15) is 43.9 Å². The first kappa shape index (κ1) is 21.3. The molecule has 6 heteroatoms. The van der Waals surface area contributed by atoms with Crippen molar-refractivity contribution < 1.29 is 9.53 Å². The number of carbonyl (C=O) groups is 1. The van der Waals surface area contributed by atoms with Gasteiger partial charge < -0.3 is 9.64 Å². The first-order valence-corrected chi connectivity index (χ1v) is 11.8. The standard InChI is InChI=1S/C24H27ClN2O2S/c1-3-23(28)27-13-12-16(15-27)14-20(22-11-10-21(25)24(26-22)29-2)17-4-6-18(7-5-17)30-19-8-9-19/h4-7,10-11,14,16,19H,3,8-9,12-13,15H2,1-2H3/t16-/m1/s1. The molecule has 1 amide bonds. The lowest BCUT2D eigenvalue weighted by Crippen LogP contribution is -2.27. The SMILES string of the molecule is CCC(=O)N1CC[C@H](C=C(c2ccc(SC3CC3)cc2)c2ccc(Cl)c(OC)n2)C1. The normalized spacial score (nSPS) is 19.2. The molecule has 1 aliphatic carbocycles. The fourth-order valence-electron chi connectivity index (χ4n) is 3.75. The van der Waals surface area contributed by atoms with Crippen molar-refractivity contribution in [3.63, 3.8) is 0 Å². The molecule has 158 valence electrons. The van der Waals surface area contributed by atoms with Crippen LogP contribution in [0.5, 0.6) is 5.88 Å². The number of nitrogens with zero attached hydrogens (tertiary/aromatic N) is 2. The number of carbonyl (C=O) groups excluding carboxylic acids is 1. The summed E-state index contributed by atoms with van der Waals surface area (Å²) in [5.74, 6) is 0.954. The summed E-state index contributed by atoms with van der Waals surface area (Å²) in [6.45, 7) is 3.49. The number of methoxy groups -OCH3 is 1. The molecule has 1 aromatic heterocycles. The molecule has 2 aliphatic rings. The van der Waals surface area contributed by atoms with Gasteiger partial charge in [-0.15, -0.1) is 11.8 Å². The summed E-state index contributed by atoms with van der Waals surface area (Å²) in [6.07, 6.45) is 6.43. The van der Waals surface area contributed by atoms with E-state index in [9.17, 15) is 4.79 Å². The van der Waals surface area contributed by atoms with Crippen LogP contribution in [-0.2, 0) is 4.79 Å². The predicted octanol–water partition coefficient (Wildman–Crippen LogP) is 5.69. The topological polar surface area (TPSA) is 42.4 Å². The second-order valence-corrected chi connectivity index (χ2v) is 9.63. The van der Waals surface area contributed by atoms with Crippen LogP contribution in [0.15, 0.2) is 47.4 Å². The van der Waals surface area contributed by atoms with Crippen LogP contribution in [-0.4, -0.2) is 41.2 Å². The summed E-state index contributed by atoms with van der Waals surface area (Å²) >= 11 is 8.16. The van der Waals surface area contributed by atoms with Crippen LogP contribution >= 0.6 is 23.4 Å². The molecule has 2 fully saturated rings. The van der Waals surface area contributed by atoms with E-state index >= 15 is 0 Å². The number of aromatic nitrogens is 1. The summed E-state index contributed by atoms with van der Waals surface area (Å²) in [6, 6.07) is 12.5. The van der Waals surface area contributed by atoms with Gasteiger partial charge in [-0.3, -0.25) is 4.79 Å². The van der Waals surface area contributed by atoms with Gasteiger partial charge in [0.2, 0.25) is 11.8 Å². The van der Waals surface area contributed by atoms with E-state index in [1.165, 1.54) is 17.7 Å². The summed E-state index contributed by atoms with van der Waals surface area (Å²) < 4.78 is 5.35. The Labute approximate surface area is 187 Å². The molecule has 0 bridgehead atoms. The van der Waals surface area contributed by atoms with Crippen molar-refractivity contribution in [2.24, 2.45) is 5.92 Å². The first-order valence-electron chi connectivity index (χ1n) is 10.5. The van der Waals surface area contributed by atoms with E-state index in [1.54, 1.807) is 7.11 Å². The van der Waals surface area contributed by atoms with Crippen LogP contribution in [0.25, 0.3) is 5.57 Å². The number of likely N-dealkylation sites (tertiary alicyclic amines) is 1. The third-order valence-corrected chi connectivity index (χ3v) is 7.19. The molecule has 2 aromatic rings. The highest BCUT2D eigenvalue weighted by Gasteiger charge is 2.25. The smallest absolute Gasteiger partial charge is 0.232 e. The Kier molecular flexibility index (Phi) is 6.69. The van der Waals surface area contributed by atoms with Crippen molar-refractivity contribution in [3.8, 4) is 5.88 Å². The quantitative estimate of drug-likeness (QED) is 0.552. The lowest BCUT2D eigenvalue weighted by molar-refractivity contribution is -0.129. The van der Waals surface area contributed by atoms with Crippen molar-refractivity contribution in [2.45, 2.75) is 42.8 Å². The Hall–Kier alpha value is -1.98. The minimum Gasteiger partial charge on any atom is -0.480 e. The number of amides is 1. The average Bonchev–Trinajstić information content (AvgIpc) is 3.46. The lowest BCUT2D eigenvalue weighted by atomic mass is 9.96. The zero-order valence-electron chi connectivity index (χ0n) is 17.4. The van der Waals surface area contributed by atoms with Crippen LogP contribution in [0.2, 0.25) is 5.02 Å². The molecule has 0 spiro atoms. The molecule has 1 atom stereocenters. The van der Waals surface area contributed by atoms with Crippen LogP contribution in [0.3, 0.4) is 0 Å². The van der Waals surface area contributed by atoms with Gasteiger partial charge in [-0.1, -0.05) is 36.7 Å². The molecule has 4 rings (SSSR count). The molecule has 30 heavy (non-hydrogen) atoms. The monoisotopic (exact) mass is 442 g/mol. The molecule has 4 nitrogen and oxygen atoms in total. The maximum absolute atomic E-state index is 12.1. The highest BCUT2D eigenvalue weighted by Crippen LogP contribution is 2.39. The van der Waals surface area contributed by atoms with E-state index in [0.29, 0.717) is 23.2 Å². The van der Waals surface area contributed by atoms with Gasteiger partial charge in [-0.05, 0) is 55.0 Å². The molecule has 1 saturated carbocycles. The number of halogens is 1. The Morgan fingerprint density at radius 2 is 2.00 bits per heavy atom. The third kappa shape index (κ3) is 5.01. The zero-order chi connectivity index (χ0) is 21.1. The number of benzene rings is 1. The first-order chi connectivity index (χ1) is 14.6. The highest BCUT2D eigenvalue weighted by molar-refractivity contribution is 8.00. The van der Waals surface area contributed by atoms with E-state index in [1.807, 2.05) is 35.7 Å². The largest absolute Gasteiger partial charge is 0.480 e. The Bertz CT molecular complexity index is 941. The summed E-state index contributed by atoms with van der Waals surface area (Å²) in [4.78, 5) is 20.0. The van der Waals surface area contributed by atoms with Gasteiger partial charge >= 0.3 is 0 Å². The van der Waals surface area contributed by atoms with Gasteiger partial charge in [0.05, 0.1) is 12.8 Å². The number of rotatable bonds is 7. The van der Waals surface area contributed by atoms with Crippen LogP contribution in [0.4, 0.5) is 0 Å². The molecule has 2 heterocycles. The van der Waals surface area contributed by atoms with Crippen molar-refractivity contribution in [3.05, 3.63) is 58.8 Å². The highest BCUT2D eigenvalue weighted by atomic mass is 35.5. The Balaban J connectivity index is 1.65. The van der Waals surface area contributed by atoms with E-state index in [-0.39, 0.29) is 5.91 Å². The van der Waals surface area contributed by atoms with E-state index in [2.05, 4.69) is 35.3 Å².